The summed E-state index contributed by atoms with van der Waals surface area (Å²) in [5.41, 5.74) is -1.03. The fourth-order valence-electron chi connectivity index (χ4n) is 6.28. The maximum absolute atomic E-state index is 13.0. The van der Waals surface area contributed by atoms with Crippen molar-refractivity contribution in [2.75, 3.05) is 13.2 Å². The highest BCUT2D eigenvalue weighted by Crippen LogP contribution is 2.70. The SMILES string of the molecule is CCCOC(=O)C1(C(=O)OCCC)CC2CC1C1C3C=CC(C3)C21. The summed E-state index contributed by atoms with van der Waals surface area (Å²) < 4.78 is 11.0. The number of hydrogen-bond acceptors (Lipinski definition) is 4. The molecule has 0 aromatic rings. The summed E-state index contributed by atoms with van der Waals surface area (Å²) in [5, 5.41) is 0. The average Bonchev–Trinajstić information content (AvgIpc) is 3.34. The maximum Gasteiger partial charge on any atom is 0.323 e. The Morgan fingerprint density at radius 3 is 2.12 bits per heavy atom. The molecule has 0 N–H and O–H groups in total. The largest absolute Gasteiger partial charge is 0.465 e. The average molecular weight is 332 g/mol. The fraction of sp³-hybridized carbons (Fsp3) is 0.800. The van der Waals surface area contributed by atoms with Gasteiger partial charge in [0, 0.05) is 0 Å². The number of carbonyl (C=O) groups excluding carboxylic acids is 2. The molecular weight excluding hydrogens is 304 g/mol. The van der Waals surface area contributed by atoms with E-state index in [0.29, 0.717) is 49.2 Å². The van der Waals surface area contributed by atoms with Gasteiger partial charge in [-0.3, -0.25) is 9.59 Å². The summed E-state index contributed by atoms with van der Waals surface area (Å²) in [6.07, 6.45) is 9.10. The third-order valence-corrected chi connectivity index (χ3v) is 6.97. The molecule has 3 fully saturated rings. The van der Waals surface area contributed by atoms with Gasteiger partial charge >= 0.3 is 11.9 Å². The van der Waals surface area contributed by atoms with Crippen LogP contribution in [0.1, 0.15) is 46.0 Å². The molecule has 4 nitrogen and oxygen atoms in total. The second-order valence-electron chi connectivity index (χ2n) is 8.15. The molecule has 132 valence electrons. The zero-order valence-corrected chi connectivity index (χ0v) is 14.7. The molecule has 4 rings (SSSR count). The van der Waals surface area contributed by atoms with Crippen molar-refractivity contribution >= 4 is 11.9 Å². The highest BCUT2D eigenvalue weighted by atomic mass is 16.6. The number of esters is 2. The van der Waals surface area contributed by atoms with Gasteiger partial charge in [-0.15, -0.1) is 0 Å². The Bertz CT molecular complexity index is 546. The lowest BCUT2D eigenvalue weighted by molar-refractivity contribution is -0.180. The normalized spacial score (nSPS) is 39.9. The molecule has 0 amide bonds. The molecule has 4 aliphatic carbocycles. The van der Waals surface area contributed by atoms with Crippen molar-refractivity contribution in [2.24, 2.45) is 40.9 Å². The van der Waals surface area contributed by atoms with Crippen molar-refractivity contribution < 1.29 is 19.1 Å². The van der Waals surface area contributed by atoms with Gasteiger partial charge in [-0.25, -0.2) is 0 Å². The van der Waals surface area contributed by atoms with Crippen LogP contribution in [0.3, 0.4) is 0 Å². The van der Waals surface area contributed by atoms with Crippen LogP contribution in [0, 0.1) is 40.9 Å². The van der Waals surface area contributed by atoms with E-state index in [0.717, 1.165) is 19.3 Å². The van der Waals surface area contributed by atoms with Crippen LogP contribution in [0.5, 0.6) is 0 Å². The lowest BCUT2D eigenvalue weighted by Gasteiger charge is -2.41. The van der Waals surface area contributed by atoms with E-state index in [1.54, 1.807) is 0 Å². The smallest absolute Gasteiger partial charge is 0.323 e. The van der Waals surface area contributed by atoms with Gasteiger partial charge in [-0.2, -0.15) is 0 Å². The van der Waals surface area contributed by atoms with Crippen molar-refractivity contribution in [2.45, 2.75) is 46.0 Å². The Labute approximate surface area is 144 Å². The second-order valence-corrected chi connectivity index (χ2v) is 8.15. The Hall–Kier alpha value is -1.32. The third kappa shape index (κ3) is 2.04. The second kappa shape index (κ2) is 5.89. The Balaban J connectivity index is 1.64. The summed E-state index contributed by atoms with van der Waals surface area (Å²) in [5.74, 6) is 2.33. The highest BCUT2D eigenvalue weighted by Gasteiger charge is 2.72. The van der Waals surface area contributed by atoms with E-state index in [-0.39, 0.29) is 17.9 Å². The zero-order chi connectivity index (χ0) is 16.9. The number of fused-ring (bicyclic) bond motifs is 9. The van der Waals surface area contributed by atoms with Crippen molar-refractivity contribution in [1.82, 2.24) is 0 Å². The first kappa shape index (κ1) is 16.2. The van der Waals surface area contributed by atoms with Crippen LogP contribution in [0.4, 0.5) is 0 Å². The van der Waals surface area contributed by atoms with Crippen molar-refractivity contribution in [3.05, 3.63) is 12.2 Å². The minimum Gasteiger partial charge on any atom is -0.465 e. The van der Waals surface area contributed by atoms with Crippen LogP contribution in [0.2, 0.25) is 0 Å². The van der Waals surface area contributed by atoms with Gasteiger partial charge in [0.05, 0.1) is 13.2 Å². The van der Waals surface area contributed by atoms with E-state index in [2.05, 4.69) is 12.2 Å². The van der Waals surface area contributed by atoms with Crippen LogP contribution in [-0.2, 0) is 19.1 Å². The molecule has 0 spiro atoms. The van der Waals surface area contributed by atoms with E-state index in [4.69, 9.17) is 9.47 Å². The van der Waals surface area contributed by atoms with Crippen molar-refractivity contribution in [3.63, 3.8) is 0 Å². The molecule has 4 heteroatoms. The summed E-state index contributed by atoms with van der Waals surface area (Å²) in [6.45, 7) is 4.73. The first-order chi connectivity index (χ1) is 11.6. The van der Waals surface area contributed by atoms with Crippen molar-refractivity contribution in [3.8, 4) is 0 Å². The van der Waals surface area contributed by atoms with Crippen LogP contribution in [-0.4, -0.2) is 25.2 Å². The molecule has 0 aromatic carbocycles. The van der Waals surface area contributed by atoms with Crippen LogP contribution in [0.15, 0.2) is 12.2 Å². The molecule has 24 heavy (non-hydrogen) atoms. The van der Waals surface area contributed by atoms with Gasteiger partial charge in [-0.1, -0.05) is 26.0 Å². The minimum atomic E-state index is -1.03. The third-order valence-electron chi connectivity index (χ3n) is 6.97. The highest BCUT2D eigenvalue weighted by molar-refractivity contribution is 6.01. The Morgan fingerprint density at radius 2 is 1.54 bits per heavy atom. The summed E-state index contributed by atoms with van der Waals surface area (Å²) in [7, 11) is 0. The van der Waals surface area contributed by atoms with Gasteiger partial charge < -0.3 is 9.47 Å². The van der Waals surface area contributed by atoms with E-state index < -0.39 is 5.41 Å². The van der Waals surface area contributed by atoms with E-state index >= 15 is 0 Å². The van der Waals surface area contributed by atoms with E-state index in [1.165, 1.54) is 6.42 Å². The predicted octanol–water partition coefficient (Wildman–Crippen LogP) is 3.36. The molecular formula is C20H28O4. The van der Waals surface area contributed by atoms with Gasteiger partial charge in [-0.05, 0) is 67.6 Å². The summed E-state index contributed by atoms with van der Waals surface area (Å²) in [4.78, 5) is 25.9. The number of allylic oxidation sites excluding steroid dienone is 2. The molecule has 3 saturated carbocycles. The molecule has 0 aliphatic heterocycles. The quantitative estimate of drug-likeness (QED) is 0.324. The first-order valence-electron chi connectivity index (χ1n) is 9.66. The van der Waals surface area contributed by atoms with E-state index in [9.17, 15) is 9.59 Å². The summed E-state index contributed by atoms with van der Waals surface area (Å²) >= 11 is 0. The lowest BCUT2D eigenvalue weighted by Crippen LogP contribution is -2.51. The minimum absolute atomic E-state index is 0.112. The monoisotopic (exact) mass is 332 g/mol. The van der Waals surface area contributed by atoms with Gasteiger partial charge in [0.25, 0.3) is 0 Å². The summed E-state index contributed by atoms with van der Waals surface area (Å²) in [6, 6.07) is 0. The Kier molecular flexibility index (Phi) is 3.97. The molecule has 4 aliphatic rings. The molecule has 4 bridgehead atoms. The Morgan fingerprint density at radius 1 is 0.958 bits per heavy atom. The first-order valence-corrected chi connectivity index (χ1v) is 9.66. The number of ether oxygens (including phenoxy) is 2. The maximum atomic E-state index is 13.0. The van der Waals surface area contributed by atoms with E-state index in [1.807, 2.05) is 13.8 Å². The fourth-order valence-corrected chi connectivity index (χ4v) is 6.28. The van der Waals surface area contributed by atoms with Gasteiger partial charge in [0.15, 0.2) is 5.41 Å². The molecule has 0 heterocycles. The molecule has 0 saturated heterocycles. The number of rotatable bonds is 6. The standard InChI is InChI=1S/C20H28O4/c1-3-7-23-18(21)20(19(22)24-8-4-2)11-14-10-15(20)17-13-6-5-12(9-13)16(14)17/h5-6,12-17H,3-4,7-11H2,1-2H3. The topological polar surface area (TPSA) is 52.6 Å². The predicted molar refractivity (Wildman–Crippen MR) is 88.9 cm³/mol. The van der Waals surface area contributed by atoms with Crippen LogP contribution < -0.4 is 0 Å². The molecule has 0 radical (unpaired) electrons. The van der Waals surface area contributed by atoms with Crippen LogP contribution >= 0.6 is 0 Å². The molecule has 0 aromatic heterocycles. The molecule has 6 unspecified atom stereocenters. The lowest BCUT2D eigenvalue weighted by atomic mass is 9.62. The van der Waals surface area contributed by atoms with Gasteiger partial charge in [0.1, 0.15) is 0 Å². The zero-order valence-electron chi connectivity index (χ0n) is 14.7. The molecule has 6 atom stereocenters. The van der Waals surface area contributed by atoms with Crippen molar-refractivity contribution in [1.29, 1.82) is 0 Å². The number of carbonyl (C=O) groups is 2. The van der Waals surface area contributed by atoms with Crippen LogP contribution in [0.25, 0.3) is 0 Å². The van der Waals surface area contributed by atoms with Gasteiger partial charge in [0.2, 0.25) is 0 Å². The number of hydrogen-bond donors (Lipinski definition) is 0.